The van der Waals surface area contributed by atoms with Crippen LogP contribution in [0.5, 0.6) is 0 Å². The van der Waals surface area contributed by atoms with Gasteiger partial charge in [0.05, 0.1) is 32.0 Å². The van der Waals surface area contributed by atoms with E-state index in [0.29, 0.717) is 0 Å². The van der Waals surface area contributed by atoms with Gasteiger partial charge in [0.15, 0.2) is 12.6 Å². The van der Waals surface area contributed by atoms with Crippen molar-refractivity contribution in [1.82, 2.24) is 5.32 Å². The number of aliphatic hydroxyl groups is 8. The van der Waals surface area contributed by atoms with Gasteiger partial charge in [-0.1, -0.05) is 366 Å². The molecule has 2 fully saturated rings. The standard InChI is InChI=1S/C77H149NO13/c1-3-5-7-9-11-13-15-17-19-21-23-25-27-28-29-30-31-32-33-34-35-36-37-39-41-43-45-47-49-51-53-55-57-59-61-69(82)78-65(64-88-76-74(87)72(85)75(68(63-80)90-76)91-77-73(86)71(84)70(83)67(62-79)89-77)66(81)60-58-56-54-52-50-48-46-44-42-40-38-26-24-22-20-18-16-14-12-10-8-6-4-2/h58,60,65-68,70-77,79-81,83-87H,3-57,59,61-64H2,1-2H3,(H,78,82)/b60-58+. The fourth-order valence-corrected chi connectivity index (χ4v) is 13.5. The van der Waals surface area contributed by atoms with E-state index < -0.39 is 86.8 Å². The molecule has 12 unspecified atom stereocenters. The zero-order chi connectivity index (χ0) is 65.9. The maximum atomic E-state index is 13.4. The smallest absolute Gasteiger partial charge is 0.220 e. The first-order valence-electron chi connectivity index (χ1n) is 39.4. The quantitative estimate of drug-likeness (QED) is 0.0204. The van der Waals surface area contributed by atoms with Crippen LogP contribution in [-0.2, 0) is 23.7 Å². The molecule has 2 rings (SSSR count). The van der Waals surface area contributed by atoms with Crippen LogP contribution in [0.25, 0.3) is 0 Å². The Kier molecular flexibility index (Phi) is 58.7. The Labute approximate surface area is 558 Å². The third-order valence-electron chi connectivity index (χ3n) is 19.7. The van der Waals surface area contributed by atoms with E-state index in [9.17, 15) is 45.6 Å². The number of ether oxygens (including phenoxy) is 4. The Morgan fingerprint density at radius 2 is 0.681 bits per heavy atom. The summed E-state index contributed by atoms with van der Waals surface area (Å²) in [5.41, 5.74) is 0. The van der Waals surface area contributed by atoms with Gasteiger partial charge in [0.1, 0.15) is 48.8 Å². The molecule has 540 valence electrons. The molecular weight excluding hydrogens is 1150 g/mol. The Morgan fingerprint density at radius 3 is 1.01 bits per heavy atom. The summed E-state index contributed by atoms with van der Waals surface area (Å²) in [4.78, 5) is 13.4. The average Bonchev–Trinajstić information content (AvgIpc) is 0.943. The van der Waals surface area contributed by atoms with E-state index in [2.05, 4.69) is 19.2 Å². The molecule has 1 amide bonds. The third-order valence-corrected chi connectivity index (χ3v) is 19.7. The number of hydrogen-bond donors (Lipinski definition) is 9. The molecule has 0 aliphatic carbocycles. The van der Waals surface area contributed by atoms with Crippen molar-refractivity contribution in [3.05, 3.63) is 12.2 Å². The molecule has 2 aliphatic heterocycles. The minimum absolute atomic E-state index is 0.229. The first-order chi connectivity index (χ1) is 44.6. The van der Waals surface area contributed by atoms with Crippen LogP contribution in [0.15, 0.2) is 12.2 Å². The Bertz CT molecular complexity index is 1570. The van der Waals surface area contributed by atoms with E-state index in [4.69, 9.17) is 18.9 Å². The fraction of sp³-hybridized carbons (Fsp3) is 0.961. The van der Waals surface area contributed by atoms with Crippen molar-refractivity contribution in [2.45, 2.75) is 453 Å². The molecule has 91 heavy (non-hydrogen) atoms. The van der Waals surface area contributed by atoms with Crippen molar-refractivity contribution in [1.29, 1.82) is 0 Å². The summed E-state index contributed by atoms with van der Waals surface area (Å²) in [5.74, 6) is -0.229. The van der Waals surface area contributed by atoms with Crippen molar-refractivity contribution in [3.63, 3.8) is 0 Å². The Balaban J connectivity index is 1.60. The maximum Gasteiger partial charge on any atom is 0.220 e. The number of carbonyl (C=O) groups excluding carboxylic acids is 1. The van der Waals surface area contributed by atoms with Crippen LogP contribution >= 0.6 is 0 Å². The molecule has 14 heteroatoms. The zero-order valence-corrected chi connectivity index (χ0v) is 59.1. The van der Waals surface area contributed by atoms with Crippen LogP contribution in [0, 0.1) is 0 Å². The fourth-order valence-electron chi connectivity index (χ4n) is 13.5. The van der Waals surface area contributed by atoms with Gasteiger partial charge in [0.25, 0.3) is 0 Å². The van der Waals surface area contributed by atoms with Gasteiger partial charge in [0, 0.05) is 6.42 Å². The van der Waals surface area contributed by atoms with Gasteiger partial charge < -0.3 is 65.1 Å². The van der Waals surface area contributed by atoms with Gasteiger partial charge in [-0.2, -0.15) is 0 Å². The summed E-state index contributed by atoms with van der Waals surface area (Å²) in [6.45, 7) is 2.87. The lowest BCUT2D eigenvalue weighted by Crippen LogP contribution is -2.65. The summed E-state index contributed by atoms with van der Waals surface area (Å²) in [6.07, 6.45) is 61.5. The van der Waals surface area contributed by atoms with Gasteiger partial charge in [0.2, 0.25) is 5.91 Å². The molecule has 12 atom stereocenters. The monoisotopic (exact) mass is 1300 g/mol. The second kappa shape index (κ2) is 62.3. The van der Waals surface area contributed by atoms with Crippen LogP contribution in [0.2, 0.25) is 0 Å². The normalized spacial score (nSPS) is 22.7. The molecule has 9 N–H and O–H groups in total. The number of amides is 1. The molecule has 0 aromatic rings. The predicted molar refractivity (Wildman–Crippen MR) is 374 cm³/mol. The minimum atomic E-state index is -1.79. The topological polar surface area (TPSA) is 228 Å². The van der Waals surface area contributed by atoms with E-state index in [1.807, 2.05) is 6.08 Å². The van der Waals surface area contributed by atoms with Gasteiger partial charge >= 0.3 is 0 Å². The summed E-state index contributed by atoms with van der Waals surface area (Å²) < 4.78 is 22.9. The zero-order valence-electron chi connectivity index (χ0n) is 59.1. The number of rotatable bonds is 67. The van der Waals surface area contributed by atoms with Crippen molar-refractivity contribution in [2.75, 3.05) is 19.8 Å². The lowest BCUT2D eigenvalue weighted by molar-refractivity contribution is -0.359. The molecule has 0 bridgehead atoms. The minimum Gasteiger partial charge on any atom is -0.394 e. The second-order valence-corrected chi connectivity index (χ2v) is 28.2. The number of nitrogens with one attached hydrogen (secondary N) is 1. The van der Waals surface area contributed by atoms with E-state index in [-0.39, 0.29) is 18.9 Å². The predicted octanol–water partition coefficient (Wildman–Crippen LogP) is 17.3. The molecule has 0 aromatic heterocycles. The Hall–Kier alpha value is -1.27. The lowest BCUT2D eigenvalue weighted by atomic mass is 9.97. The first-order valence-corrected chi connectivity index (χ1v) is 39.4. The van der Waals surface area contributed by atoms with Crippen LogP contribution in [0.4, 0.5) is 0 Å². The number of carbonyl (C=O) groups is 1. The van der Waals surface area contributed by atoms with Crippen LogP contribution in [0.3, 0.4) is 0 Å². The molecule has 0 spiro atoms. The van der Waals surface area contributed by atoms with E-state index in [0.717, 1.165) is 44.9 Å². The number of hydrogen-bond acceptors (Lipinski definition) is 13. The second-order valence-electron chi connectivity index (χ2n) is 28.2. The van der Waals surface area contributed by atoms with Crippen LogP contribution in [-0.4, -0.2) is 140 Å². The van der Waals surface area contributed by atoms with E-state index in [1.54, 1.807) is 6.08 Å². The highest BCUT2D eigenvalue weighted by Crippen LogP contribution is 2.30. The third kappa shape index (κ3) is 45.8. The molecule has 2 aliphatic rings. The summed E-state index contributed by atoms with van der Waals surface area (Å²) in [5, 5.41) is 87.6. The molecule has 2 saturated heterocycles. The summed E-state index contributed by atoms with van der Waals surface area (Å²) in [6, 6.07) is -0.912. The maximum absolute atomic E-state index is 13.4. The van der Waals surface area contributed by atoms with E-state index in [1.165, 1.54) is 315 Å². The van der Waals surface area contributed by atoms with Gasteiger partial charge in [-0.05, 0) is 19.3 Å². The molecule has 0 radical (unpaired) electrons. The van der Waals surface area contributed by atoms with Crippen molar-refractivity contribution < 1.29 is 64.6 Å². The SMILES string of the molecule is CCCCCCCCCCCCCCCCCCCCCCC/C=C/C(O)C(COC1OC(CO)C(OC2OC(CO)C(O)C(O)C2O)C(O)C1O)NC(=O)CCCCCCCCCCCCCCCCCCCCCCCCCCCCCCCCCCCC. The average molecular weight is 1300 g/mol. The van der Waals surface area contributed by atoms with Crippen LogP contribution in [0.1, 0.15) is 380 Å². The molecular formula is C77H149NO13. The number of aliphatic hydroxyl groups excluding tert-OH is 8. The molecule has 0 aromatic carbocycles. The molecule has 14 nitrogen and oxygen atoms in total. The van der Waals surface area contributed by atoms with Gasteiger partial charge in [-0.15, -0.1) is 0 Å². The van der Waals surface area contributed by atoms with Crippen molar-refractivity contribution >= 4 is 5.91 Å². The van der Waals surface area contributed by atoms with E-state index >= 15 is 0 Å². The highest BCUT2D eigenvalue weighted by atomic mass is 16.7. The van der Waals surface area contributed by atoms with Gasteiger partial charge in [-0.3, -0.25) is 4.79 Å². The Morgan fingerprint density at radius 1 is 0.385 bits per heavy atom. The highest BCUT2D eigenvalue weighted by molar-refractivity contribution is 5.76. The summed E-state index contributed by atoms with van der Waals surface area (Å²) in [7, 11) is 0. The first kappa shape index (κ1) is 85.8. The molecule has 0 saturated carbocycles. The van der Waals surface area contributed by atoms with Crippen LogP contribution < -0.4 is 5.32 Å². The lowest BCUT2D eigenvalue weighted by Gasteiger charge is -2.46. The molecule has 2 heterocycles. The van der Waals surface area contributed by atoms with Crippen molar-refractivity contribution in [3.8, 4) is 0 Å². The largest absolute Gasteiger partial charge is 0.394 e. The summed E-state index contributed by atoms with van der Waals surface area (Å²) >= 11 is 0. The number of unbranched alkanes of at least 4 members (excludes halogenated alkanes) is 54. The highest BCUT2D eigenvalue weighted by Gasteiger charge is 2.51. The van der Waals surface area contributed by atoms with Gasteiger partial charge in [-0.25, -0.2) is 0 Å². The number of allylic oxidation sites excluding steroid dienone is 1. The van der Waals surface area contributed by atoms with Crippen molar-refractivity contribution in [2.24, 2.45) is 0 Å².